The molecule has 26 nitrogen and oxygen atoms in total. The Morgan fingerprint density at radius 3 is 1.31 bits per heavy atom. The van der Waals surface area contributed by atoms with Gasteiger partial charge in [-0.05, 0) is 155 Å². The molecular weight excluding hydrogens is 1730 g/mol. The van der Waals surface area contributed by atoms with E-state index in [1.54, 1.807) is 91.3 Å². The molecule has 692 valence electrons. The summed E-state index contributed by atoms with van der Waals surface area (Å²) >= 11 is 0. The van der Waals surface area contributed by atoms with Gasteiger partial charge in [0.15, 0.2) is 23.1 Å². The molecule has 33 heteroatoms. The third-order valence-corrected chi connectivity index (χ3v) is 26.0. The number of methoxy groups -OCH3 is 1. The number of likely N-dealkylation sites (N-methyl/N-ethyl adjacent to an activating group) is 2. The number of phenols is 1. The minimum Gasteiger partial charge on any atom is -0.507 e. The maximum absolute atomic E-state index is 17.2. The number of aryl methyl sites for hydroxylation is 3. The molecule has 0 spiro atoms. The molecule has 6 unspecified atom stereocenters. The highest BCUT2D eigenvalue weighted by Gasteiger charge is 2.50. The quantitative estimate of drug-likeness (QED) is 0.0830. The first-order chi connectivity index (χ1) is 63.8. The van der Waals surface area contributed by atoms with Crippen molar-refractivity contribution in [2.45, 2.75) is 137 Å². The van der Waals surface area contributed by atoms with Gasteiger partial charge in [-0.15, -0.1) is 0 Å². The molecule has 0 saturated carbocycles. The molecule has 3 saturated heterocycles. The van der Waals surface area contributed by atoms with Crippen molar-refractivity contribution in [2.75, 3.05) is 91.6 Å². The van der Waals surface area contributed by atoms with E-state index in [-0.39, 0.29) is 170 Å². The van der Waals surface area contributed by atoms with Crippen LogP contribution in [0.3, 0.4) is 0 Å². The molecule has 1 N–H and O–H groups in total. The Morgan fingerprint density at radius 2 is 0.873 bits per heavy atom. The molecule has 134 heavy (non-hydrogen) atoms. The second-order valence-electron chi connectivity index (χ2n) is 35.3. The van der Waals surface area contributed by atoms with Crippen LogP contribution in [-0.2, 0) is 24.0 Å². The van der Waals surface area contributed by atoms with Crippen LogP contribution in [0.15, 0.2) is 174 Å². The number of anilines is 5. The number of hydrogen-bond acceptors (Lipinski definition) is 18. The SMILES string of the molecule is C=CC(=O)N1CC2C(=O)N(C)c3c(c4cc(F)c(-c5ccccc5F)c(F)c4n(-c4c(C)ccnc4C(C)C)c3=O)N2CC1C.C=CC(=O)N1CC2C(=O)N(C)c3c(c4cc(F)c(-c5ccccc5O)c(F)c4n(-c4c(C)ccnc4C(C)C)c3=O)N2CC1C.C=CC(=O)N1CC2COc3c(c4cc(F)c(-c5c(F)cccc5OC)nc4n(-c4c(C)ccnc4C(C)C)c3=O)N2CC1C. The molecule has 6 aliphatic heterocycles. The number of phenolic OH excluding ortho intramolecular Hbond substituents is 1. The Bertz CT molecular complexity index is 6910. The fraction of sp³-hybridized carbons (Fsp3) is 0.307. The second kappa shape index (κ2) is 35.7. The monoisotopic (exact) mass is 1830 g/mol. The number of halogens is 7. The number of amides is 5. The van der Waals surface area contributed by atoms with Crippen LogP contribution in [0.2, 0.25) is 0 Å². The summed E-state index contributed by atoms with van der Waals surface area (Å²) in [6.45, 7) is 34.2. The number of nitrogens with zero attached hydrogens (tertiary/aromatic N) is 15. The molecule has 0 bridgehead atoms. The molecule has 5 aromatic carbocycles. The van der Waals surface area contributed by atoms with E-state index in [2.05, 4.69) is 34.7 Å². The Kier molecular flexibility index (Phi) is 24.7. The minimum absolute atomic E-state index is 0.000637. The summed E-state index contributed by atoms with van der Waals surface area (Å²) < 4.78 is 128. The Morgan fingerprint density at radius 1 is 0.463 bits per heavy atom. The first-order valence-corrected chi connectivity index (χ1v) is 43.9. The van der Waals surface area contributed by atoms with Crippen molar-refractivity contribution in [2.24, 2.45) is 0 Å². The normalized spacial score (nSPS) is 17.9. The van der Waals surface area contributed by atoms with Crippen LogP contribution in [0.4, 0.5) is 59.2 Å². The zero-order valence-corrected chi connectivity index (χ0v) is 76.4. The molecule has 3 fully saturated rings. The maximum atomic E-state index is 17.2. The highest BCUT2D eigenvalue weighted by atomic mass is 19.2. The van der Waals surface area contributed by atoms with Gasteiger partial charge in [0.2, 0.25) is 23.5 Å². The molecule has 13 heterocycles. The van der Waals surface area contributed by atoms with Gasteiger partial charge in [0.25, 0.3) is 22.9 Å². The Balaban J connectivity index is 0.000000146. The standard InChI is InChI=1S/C34H32F3N5O3.C34H33F2N5O4.C33H33F2N5O4/c1-7-25(43)40-16-24-33(44)39(6)32-31(41(24)15-19(40)5)21-14-23(36)26(20-10-8-9-11-22(20)35)27(37)30(21)42(34(32)45)29-18(4)12-13-38-28(29)17(2)3;1-7-25(43)39-16-23-33(44)38(6)32-31(40(23)15-19(39)5)21-14-22(35)26(20-10-8-9-11-24(20)42)27(36)30(21)41(34(32)45)29-18(4)12-13-37-28(29)17(2)3;1-7-25(41)38-15-20-16-44-31-30(39(20)14-19(38)5)21-13-23(35)28(26-22(34)9-8-10-24(26)43-6)37-32(21)40(33(31)42)29-18(4)11-12-36-27(29)17(2)3/h7-14,17,19,24H,1,15-16H2,2-6H3;7-14,17,19,23,42H,1,15-16H2,2-6H3;7-13,17,19-20H,1,14-16H2,2-6H3. The number of para-hydroxylation sites is 1. The van der Waals surface area contributed by atoms with Crippen LogP contribution < -0.4 is 50.7 Å². The van der Waals surface area contributed by atoms with Crippen molar-refractivity contribution in [1.29, 1.82) is 0 Å². The van der Waals surface area contributed by atoms with Crippen LogP contribution in [-0.4, -0.2) is 186 Å². The van der Waals surface area contributed by atoms with E-state index < -0.39 is 105 Å². The number of hydrogen-bond donors (Lipinski definition) is 1. The van der Waals surface area contributed by atoms with Gasteiger partial charge in [-0.1, -0.05) is 104 Å². The van der Waals surface area contributed by atoms with E-state index in [4.69, 9.17) is 14.5 Å². The summed E-state index contributed by atoms with van der Waals surface area (Å²) in [7, 11) is 4.26. The van der Waals surface area contributed by atoms with Crippen molar-refractivity contribution in [3.05, 3.63) is 265 Å². The van der Waals surface area contributed by atoms with Gasteiger partial charge < -0.3 is 53.8 Å². The summed E-state index contributed by atoms with van der Waals surface area (Å²) in [5.74, 6) is -8.92. The molecule has 7 aromatic heterocycles. The zero-order chi connectivity index (χ0) is 96.4. The molecule has 6 aliphatic rings. The maximum Gasteiger partial charge on any atom is 0.301 e. The lowest BCUT2D eigenvalue weighted by Crippen LogP contribution is -2.66. The number of aromatic hydroxyl groups is 1. The van der Waals surface area contributed by atoms with E-state index in [0.717, 1.165) is 28.3 Å². The number of fused-ring (bicyclic) bond motifs is 15. The van der Waals surface area contributed by atoms with Crippen LogP contribution in [0, 0.1) is 61.5 Å². The first kappa shape index (κ1) is 92.5. The van der Waals surface area contributed by atoms with Crippen LogP contribution >= 0.6 is 0 Å². The van der Waals surface area contributed by atoms with Gasteiger partial charge in [-0.2, -0.15) is 0 Å². The number of ether oxygens (including phenoxy) is 2. The Labute approximate surface area is 766 Å². The van der Waals surface area contributed by atoms with Gasteiger partial charge in [0, 0.05) is 104 Å². The summed E-state index contributed by atoms with van der Waals surface area (Å²) in [5, 5.41) is 11.0. The third-order valence-electron chi connectivity index (χ3n) is 26.0. The van der Waals surface area contributed by atoms with Crippen LogP contribution in [0.25, 0.3) is 83.4 Å². The Hall–Kier alpha value is -14.8. The average molecular weight is 1830 g/mol. The number of benzene rings is 5. The fourth-order valence-electron chi connectivity index (χ4n) is 19.6. The summed E-state index contributed by atoms with van der Waals surface area (Å²) in [6.07, 6.45) is 8.50. The van der Waals surface area contributed by atoms with E-state index >= 15 is 30.7 Å². The molecule has 0 aliphatic carbocycles. The summed E-state index contributed by atoms with van der Waals surface area (Å²) in [6, 6.07) is 20.8. The van der Waals surface area contributed by atoms with Gasteiger partial charge >= 0.3 is 5.56 Å². The number of aromatic nitrogens is 7. The molecule has 0 radical (unpaired) electrons. The lowest BCUT2D eigenvalue weighted by Gasteiger charge is -2.50. The predicted molar refractivity (Wildman–Crippen MR) is 500 cm³/mol. The van der Waals surface area contributed by atoms with E-state index in [1.807, 2.05) is 60.3 Å². The first-order valence-electron chi connectivity index (χ1n) is 43.9. The molecule has 18 rings (SSSR count). The van der Waals surface area contributed by atoms with E-state index in [0.29, 0.717) is 69.4 Å². The average Bonchev–Trinajstić information content (AvgIpc) is 0.668. The number of piperazine rings is 3. The number of pyridine rings is 7. The van der Waals surface area contributed by atoms with Crippen molar-refractivity contribution < 1.29 is 69.3 Å². The van der Waals surface area contributed by atoms with Gasteiger partial charge in [-0.25, -0.2) is 35.7 Å². The number of rotatable bonds is 13. The van der Waals surface area contributed by atoms with Gasteiger partial charge in [0.1, 0.15) is 70.5 Å². The smallest absolute Gasteiger partial charge is 0.301 e. The molecule has 6 atom stereocenters. The van der Waals surface area contributed by atoms with E-state index in [1.165, 1.54) is 123 Å². The third kappa shape index (κ3) is 15.1. The topological polar surface area (TPSA) is 268 Å². The largest absolute Gasteiger partial charge is 0.507 e. The van der Waals surface area contributed by atoms with Crippen molar-refractivity contribution >= 4 is 90.8 Å². The molecule has 5 amide bonds. The summed E-state index contributed by atoms with van der Waals surface area (Å²) in [5.41, 5.74) is 1.22. The molecular formula is C101H98F7N15O11. The van der Waals surface area contributed by atoms with Crippen molar-refractivity contribution in [3.8, 4) is 67.8 Å². The van der Waals surface area contributed by atoms with Gasteiger partial charge in [0.05, 0.1) is 105 Å². The van der Waals surface area contributed by atoms with Crippen LogP contribution in [0.1, 0.15) is 114 Å². The minimum atomic E-state index is -1.13. The second-order valence-corrected chi connectivity index (χ2v) is 35.3. The van der Waals surface area contributed by atoms with Crippen molar-refractivity contribution in [1.82, 2.24) is 48.3 Å². The predicted octanol–water partition coefficient (Wildman–Crippen LogP) is 15.7. The van der Waals surface area contributed by atoms with Crippen LogP contribution in [0.5, 0.6) is 17.2 Å². The lowest BCUT2D eigenvalue weighted by atomic mass is 9.95. The zero-order valence-electron chi connectivity index (χ0n) is 76.4. The summed E-state index contributed by atoms with van der Waals surface area (Å²) in [4.78, 5) is 140. The lowest BCUT2D eigenvalue weighted by molar-refractivity contribution is -0.132. The number of carbonyl (C=O) groups excluding carboxylic acids is 5. The van der Waals surface area contributed by atoms with Gasteiger partial charge in [-0.3, -0.25) is 67.0 Å². The highest BCUT2D eigenvalue weighted by Crippen LogP contribution is 2.51. The highest BCUT2D eigenvalue weighted by molar-refractivity contribution is 6.15. The van der Waals surface area contributed by atoms with E-state index in [9.17, 15) is 43.5 Å². The molecule has 12 aromatic rings. The van der Waals surface area contributed by atoms with Crippen molar-refractivity contribution in [3.63, 3.8) is 0 Å². The number of carbonyl (C=O) groups is 5. The fourth-order valence-corrected chi connectivity index (χ4v) is 19.6.